The van der Waals surface area contributed by atoms with Gasteiger partial charge in [0.05, 0.1) is 11.3 Å². The molecule has 150 valence electrons. The summed E-state index contributed by atoms with van der Waals surface area (Å²) in [4.78, 5) is 24.0. The molecule has 0 unspecified atom stereocenters. The number of carbonyl (C=O) groups is 1. The fraction of sp³-hybridized carbons (Fsp3) is 0.348. The Bertz CT molecular complexity index is 1020. The summed E-state index contributed by atoms with van der Waals surface area (Å²) in [5, 5.41) is 1.77. The second-order valence-corrected chi connectivity index (χ2v) is 8.26. The highest BCUT2D eigenvalue weighted by molar-refractivity contribution is 8.00. The summed E-state index contributed by atoms with van der Waals surface area (Å²) in [6, 6.07) is 12.4. The fourth-order valence-electron chi connectivity index (χ4n) is 3.57. The summed E-state index contributed by atoms with van der Waals surface area (Å²) in [5.74, 6) is 0.792. The summed E-state index contributed by atoms with van der Waals surface area (Å²) < 4.78 is 13.3. The van der Waals surface area contributed by atoms with E-state index < -0.39 is 0 Å². The first-order chi connectivity index (χ1) is 14.1. The number of carbonyl (C=O) groups excluding carboxylic acids is 1. The third kappa shape index (κ3) is 4.58. The first-order valence-electron chi connectivity index (χ1n) is 10.1. The van der Waals surface area contributed by atoms with Gasteiger partial charge < -0.3 is 4.90 Å². The monoisotopic (exact) mass is 409 g/mol. The van der Waals surface area contributed by atoms with Crippen molar-refractivity contribution >= 4 is 28.6 Å². The van der Waals surface area contributed by atoms with Crippen LogP contribution < -0.4 is 0 Å². The molecule has 4 rings (SSSR count). The molecule has 6 heteroatoms. The van der Waals surface area contributed by atoms with E-state index in [0.717, 1.165) is 53.8 Å². The number of fused-ring (bicyclic) bond motifs is 1. The number of amides is 1. The zero-order chi connectivity index (χ0) is 20.2. The van der Waals surface area contributed by atoms with E-state index in [-0.39, 0.29) is 11.7 Å². The average molecular weight is 410 g/mol. The van der Waals surface area contributed by atoms with Crippen molar-refractivity contribution in [3.05, 3.63) is 53.8 Å². The van der Waals surface area contributed by atoms with Gasteiger partial charge >= 0.3 is 0 Å². The molecule has 4 nitrogen and oxygen atoms in total. The Morgan fingerprint density at radius 1 is 1.07 bits per heavy atom. The fourth-order valence-corrected chi connectivity index (χ4v) is 4.48. The van der Waals surface area contributed by atoms with E-state index in [1.807, 2.05) is 11.0 Å². The van der Waals surface area contributed by atoms with Crippen molar-refractivity contribution in [1.82, 2.24) is 14.9 Å². The van der Waals surface area contributed by atoms with Gasteiger partial charge in [-0.25, -0.2) is 14.4 Å². The Hall–Kier alpha value is -2.47. The third-order valence-corrected chi connectivity index (χ3v) is 6.25. The Kier molecular flexibility index (Phi) is 6.09. The van der Waals surface area contributed by atoms with Gasteiger partial charge in [0.15, 0.2) is 5.82 Å². The molecule has 0 spiro atoms. The number of likely N-dealkylation sites (tertiary alicyclic amines) is 1. The van der Waals surface area contributed by atoms with Crippen molar-refractivity contribution in [2.45, 2.75) is 37.6 Å². The number of hydrogen-bond donors (Lipinski definition) is 0. The lowest BCUT2D eigenvalue weighted by atomic mass is 10.1. The quantitative estimate of drug-likeness (QED) is 0.434. The van der Waals surface area contributed by atoms with Crippen molar-refractivity contribution in [1.29, 1.82) is 0 Å². The summed E-state index contributed by atoms with van der Waals surface area (Å²) >= 11 is 1.47. The van der Waals surface area contributed by atoms with Crippen molar-refractivity contribution in [3.63, 3.8) is 0 Å². The van der Waals surface area contributed by atoms with Gasteiger partial charge in [-0.3, -0.25) is 4.79 Å². The average Bonchev–Trinajstić information content (AvgIpc) is 2.77. The lowest BCUT2D eigenvalue weighted by molar-refractivity contribution is -0.129. The maximum Gasteiger partial charge on any atom is 0.232 e. The van der Waals surface area contributed by atoms with Crippen LogP contribution in [0.2, 0.25) is 0 Å². The summed E-state index contributed by atoms with van der Waals surface area (Å²) in [6.45, 7) is 3.82. The molecule has 0 N–H and O–H groups in total. The van der Waals surface area contributed by atoms with E-state index in [9.17, 15) is 9.18 Å². The van der Waals surface area contributed by atoms with Crippen LogP contribution in [0.3, 0.4) is 0 Å². The first kappa shape index (κ1) is 19.8. The highest BCUT2D eigenvalue weighted by atomic mass is 32.2. The predicted molar refractivity (Wildman–Crippen MR) is 115 cm³/mol. The van der Waals surface area contributed by atoms with Gasteiger partial charge in [-0.2, -0.15) is 0 Å². The van der Waals surface area contributed by atoms with Crippen LogP contribution in [-0.2, 0) is 11.2 Å². The number of piperidine rings is 1. The molecule has 0 aliphatic carbocycles. The second kappa shape index (κ2) is 8.91. The number of nitrogens with zero attached hydrogens (tertiary/aromatic N) is 3. The molecule has 3 aromatic rings. The molecule has 29 heavy (non-hydrogen) atoms. The van der Waals surface area contributed by atoms with E-state index in [4.69, 9.17) is 4.98 Å². The van der Waals surface area contributed by atoms with Crippen molar-refractivity contribution < 1.29 is 9.18 Å². The van der Waals surface area contributed by atoms with Gasteiger partial charge in [0.25, 0.3) is 0 Å². The number of thioether (sulfide) groups is 1. The molecule has 1 amide bonds. The van der Waals surface area contributed by atoms with Gasteiger partial charge in [-0.05, 0) is 67.6 Å². The topological polar surface area (TPSA) is 46.1 Å². The molecule has 0 bridgehead atoms. The minimum absolute atomic E-state index is 0.163. The number of benzene rings is 2. The Morgan fingerprint density at radius 3 is 2.55 bits per heavy atom. The maximum atomic E-state index is 13.3. The van der Waals surface area contributed by atoms with E-state index in [2.05, 4.69) is 24.0 Å². The van der Waals surface area contributed by atoms with E-state index in [0.29, 0.717) is 11.6 Å². The van der Waals surface area contributed by atoms with E-state index in [1.54, 1.807) is 12.1 Å². The van der Waals surface area contributed by atoms with Crippen LogP contribution in [0.25, 0.3) is 22.3 Å². The molecule has 0 atom stereocenters. The normalized spacial score (nSPS) is 14.3. The summed E-state index contributed by atoms with van der Waals surface area (Å²) in [5.41, 5.74) is 2.81. The molecular weight excluding hydrogens is 385 g/mol. The van der Waals surface area contributed by atoms with E-state index in [1.165, 1.54) is 35.9 Å². The van der Waals surface area contributed by atoms with Crippen molar-refractivity contribution in [3.8, 4) is 11.4 Å². The summed E-state index contributed by atoms with van der Waals surface area (Å²) in [7, 11) is 0. The second-order valence-electron chi connectivity index (χ2n) is 7.29. The minimum Gasteiger partial charge on any atom is -0.342 e. The molecule has 0 saturated carbocycles. The van der Waals surface area contributed by atoms with Crippen molar-refractivity contribution in [2.24, 2.45) is 0 Å². The highest BCUT2D eigenvalue weighted by Crippen LogP contribution is 2.30. The zero-order valence-corrected chi connectivity index (χ0v) is 17.3. The molecule has 1 aliphatic rings. The number of halogens is 1. The highest BCUT2D eigenvalue weighted by Gasteiger charge is 2.18. The summed E-state index contributed by atoms with van der Waals surface area (Å²) in [6.07, 6.45) is 4.30. The van der Waals surface area contributed by atoms with Crippen LogP contribution in [0.1, 0.15) is 31.7 Å². The largest absolute Gasteiger partial charge is 0.342 e. The first-order valence-corrected chi connectivity index (χ1v) is 11.1. The van der Waals surface area contributed by atoms with E-state index >= 15 is 0 Å². The van der Waals surface area contributed by atoms with Gasteiger partial charge in [-0.15, -0.1) is 0 Å². The van der Waals surface area contributed by atoms with Crippen LogP contribution >= 0.6 is 11.8 Å². The van der Waals surface area contributed by atoms with Crippen LogP contribution in [0.5, 0.6) is 0 Å². The number of aryl methyl sites for hydroxylation is 1. The van der Waals surface area contributed by atoms with Crippen molar-refractivity contribution in [2.75, 3.05) is 18.8 Å². The molecule has 1 saturated heterocycles. The Balaban J connectivity index is 1.67. The smallest absolute Gasteiger partial charge is 0.232 e. The van der Waals surface area contributed by atoms with Crippen LogP contribution in [0.4, 0.5) is 4.39 Å². The zero-order valence-electron chi connectivity index (χ0n) is 16.5. The molecule has 0 radical (unpaired) electrons. The third-order valence-electron chi connectivity index (χ3n) is 5.28. The lowest BCUT2D eigenvalue weighted by Gasteiger charge is -2.26. The van der Waals surface area contributed by atoms with Crippen LogP contribution in [-0.4, -0.2) is 39.6 Å². The molecule has 1 aromatic heterocycles. The van der Waals surface area contributed by atoms with Crippen LogP contribution in [0.15, 0.2) is 47.5 Å². The maximum absolute atomic E-state index is 13.3. The Morgan fingerprint density at radius 2 is 1.83 bits per heavy atom. The lowest BCUT2D eigenvalue weighted by Crippen LogP contribution is -2.36. The molecule has 1 fully saturated rings. The van der Waals surface area contributed by atoms with Gasteiger partial charge in [0, 0.05) is 24.0 Å². The van der Waals surface area contributed by atoms with Crippen LogP contribution in [0, 0.1) is 5.82 Å². The van der Waals surface area contributed by atoms with Gasteiger partial charge in [-0.1, -0.05) is 24.8 Å². The minimum atomic E-state index is -0.288. The number of rotatable bonds is 5. The Labute approximate surface area is 174 Å². The standard InChI is InChI=1S/C23H24FN3OS/c1-2-16-6-11-20-19(14-16)23(29-15-21(28)27-12-4-3-5-13-27)26-22(25-20)17-7-9-18(24)10-8-17/h6-11,14H,2-5,12-13,15H2,1H3. The molecule has 1 aliphatic heterocycles. The SMILES string of the molecule is CCc1ccc2nc(-c3ccc(F)cc3)nc(SCC(=O)N3CCCCC3)c2c1. The molecule has 2 heterocycles. The van der Waals surface area contributed by atoms with Gasteiger partial charge in [0.2, 0.25) is 5.91 Å². The number of hydrogen-bond acceptors (Lipinski definition) is 4. The predicted octanol–water partition coefficient (Wildman–Crippen LogP) is 5.10. The molecule has 2 aromatic carbocycles. The van der Waals surface area contributed by atoms with Gasteiger partial charge in [0.1, 0.15) is 10.8 Å². The number of aromatic nitrogens is 2. The molecular formula is C23H24FN3OS.